The van der Waals surface area contributed by atoms with Gasteiger partial charge in [0.25, 0.3) is 0 Å². The van der Waals surface area contributed by atoms with E-state index < -0.39 is 0 Å². The third-order valence-electron chi connectivity index (χ3n) is 2.68. The summed E-state index contributed by atoms with van der Waals surface area (Å²) in [4.78, 5) is 4.17. The van der Waals surface area contributed by atoms with Crippen LogP contribution in [0.15, 0.2) is 18.3 Å². The highest BCUT2D eigenvalue weighted by Crippen LogP contribution is 2.24. The maximum absolute atomic E-state index is 5.71. The Labute approximate surface area is 86.0 Å². The molecule has 0 saturated heterocycles. The maximum atomic E-state index is 5.71. The van der Waals surface area contributed by atoms with Crippen LogP contribution in [-0.4, -0.2) is 24.2 Å². The lowest BCUT2D eigenvalue weighted by molar-refractivity contribution is 0.0838. The highest BCUT2D eigenvalue weighted by molar-refractivity contribution is 5.19. The lowest BCUT2D eigenvalue weighted by Crippen LogP contribution is -2.45. The van der Waals surface area contributed by atoms with Gasteiger partial charge in [0.1, 0.15) is 6.10 Å². The zero-order chi connectivity index (χ0) is 9.97. The average Bonchev–Trinajstić information content (AvgIpc) is 2.10. The lowest BCUT2D eigenvalue weighted by Gasteiger charge is -2.34. The highest BCUT2D eigenvalue weighted by Gasteiger charge is 2.29. The Bertz CT molecular complexity index is 313. The van der Waals surface area contributed by atoms with Crippen molar-refractivity contribution in [2.24, 2.45) is 0 Å². The van der Waals surface area contributed by atoms with Crippen LogP contribution in [0.25, 0.3) is 0 Å². The number of hydrogen-bond acceptors (Lipinski definition) is 3. The molecular weight excluding hydrogens is 176 g/mol. The van der Waals surface area contributed by atoms with Crippen molar-refractivity contribution in [3.63, 3.8) is 0 Å². The molecule has 1 aromatic heterocycles. The largest absolute Gasteiger partial charge is 0.474 e. The predicted molar refractivity (Wildman–Crippen MR) is 57.6 cm³/mol. The van der Waals surface area contributed by atoms with Crippen LogP contribution in [0.3, 0.4) is 0 Å². The third-order valence-corrected chi connectivity index (χ3v) is 2.68. The summed E-state index contributed by atoms with van der Waals surface area (Å²) >= 11 is 0. The molecule has 0 aliphatic heterocycles. The Hall–Kier alpha value is -1.09. The van der Waals surface area contributed by atoms with Gasteiger partial charge < -0.3 is 10.1 Å². The number of aryl methyl sites for hydroxylation is 1. The van der Waals surface area contributed by atoms with E-state index in [-0.39, 0.29) is 1.43 Å². The van der Waals surface area contributed by atoms with Gasteiger partial charge in [0.05, 0.1) is 0 Å². The molecule has 0 unspecified atom stereocenters. The van der Waals surface area contributed by atoms with Crippen molar-refractivity contribution >= 4 is 0 Å². The zero-order valence-electron chi connectivity index (χ0n) is 8.66. The van der Waals surface area contributed by atoms with Crippen LogP contribution in [0.2, 0.25) is 0 Å². The van der Waals surface area contributed by atoms with Gasteiger partial charge in [-0.05, 0) is 38.4 Å². The molecule has 2 rings (SSSR count). The molecule has 0 amide bonds. The van der Waals surface area contributed by atoms with E-state index in [0.717, 1.165) is 18.7 Å². The molecular formula is C11H18N2O. The minimum absolute atomic E-state index is 0. The van der Waals surface area contributed by atoms with Gasteiger partial charge >= 0.3 is 0 Å². The summed E-state index contributed by atoms with van der Waals surface area (Å²) in [5.74, 6) is 0.754. The molecule has 0 atom stereocenters. The molecule has 1 aliphatic carbocycles. The van der Waals surface area contributed by atoms with Crippen molar-refractivity contribution in [2.75, 3.05) is 7.05 Å². The van der Waals surface area contributed by atoms with Crippen molar-refractivity contribution < 1.29 is 6.16 Å². The Kier molecular flexibility index (Phi) is 2.68. The van der Waals surface area contributed by atoms with Crippen molar-refractivity contribution in [2.45, 2.75) is 31.9 Å². The van der Waals surface area contributed by atoms with E-state index in [4.69, 9.17) is 4.74 Å². The fraction of sp³-hybridized carbons (Fsp3) is 0.545. The standard InChI is InChI=1S/C11H16N2O.H2/c1-8-3-4-13-11(5-8)14-10-6-9(7-10)12-2;/h3-5,9-10,12H,6-7H2,1-2H3;1H. The predicted octanol–water partition coefficient (Wildman–Crippen LogP) is 1.77. The molecule has 1 saturated carbocycles. The number of pyridine rings is 1. The topological polar surface area (TPSA) is 34.1 Å². The normalized spacial score (nSPS) is 25.6. The molecule has 0 aromatic carbocycles. The van der Waals surface area contributed by atoms with Crippen LogP contribution in [0.5, 0.6) is 5.88 Å². The fourth-order valence-electron chi connectivity index (χ4n) is 1.64. The Morgan fingerprint density at radius 2 is 2.36 bits per heavy atom. The summed E-state index contributed by atoms with van der Waals surface area (Å²) in [5.41, 5.74) is 1.19. The van der Waals surface area contributed by atoms with E-state index in [1.165, 1.54) is 5.56 Å². The smallest absolute Gasteiger partial charge is 0.213 e. The second-order valence-electron chi connectivity index (χ2n) is 3.87. The Balaban J connectivity index is 0.00000112. The number of nitrogens with zero attached hydrogens (tertiary/aromatic N) is 1. The summed E-state index contributed by atoms with van der Waals surface area (Å²) in [6, 6.07) is 4.58. The summed E-state index contributed by atoms with van der Waals surface area (Å²) < 4.78 is 5.71. The van der Waals surface area contributed by atoms with Crippen molar-refractivity contribution in [1.29, 1.82) is 0 Å². The first-order chi connectivity index (χ1) is 6.78. The number of hydrogen-bond donors (Lipinski definition) is 1. The van der Waals surface area contributed by atoms with Gasteiger partial charge in [-0.2, -0.15) is 0 Å². The van der Waals surface area contributed by atoms with Crippen LogP contribution in [0.1, 0.15) is 19.8 Å². The second-order valence-corrected chi connectivity index (χ2v) is 3.87. The monoisotopic (exact) mass is 194 g/mol. The molecule has 0 radical (unpaired) electrons. The molecule has 1 heterocycles. The number of nitrogens with one attached hydrogen (secondary N) is 1. The van der Waals surface area contributed by atoms with Gasteiger partial charge in [-0.3, -0.25) is 0 Å². The summed E-state index contributed by atoms with van der Waals surface area (Å²) in [6.07, 6.45) is 4.32. The lowest BCUT2D eigenvalue weighted by atomic mass is 9.89. The molecule has 0 spiro atoms. The zero-order valence-corrected chi connectivity index (χ0v) is 8.66. The number of ether oxygens (including phenoxy) is 1. The molecule has 78 valence electrons. The van der Waals surface area contributed by atoms with Crippen LogP contribution >= 0.6 is 0 Å². The number of aromatic nitrogens is 1. The van der Waals surface area contributed by atoms with Gasteiger partial charge in [0.2, 0.25) is 5.88 Å². The highest BCUT2D eigenvalue weighted by atomic mass is 16.5. The van der Waals surface area contributed by atoms with Gasteiger partial charge in [-0.1, -0.05) is 0 Å². The van der Waals surface area contributed by atoms with E-state index in [9.17, 15) is 0 Å². The van der Waals surface area contributed by atoms with Crippen molar-refractivity contribution in [3.05, 3.63) is 23.9 Å². The van der Waals surface area contributed by atoms with E-state index in [1.807, 2.05) is 26.1 Å². The number of rotatable bonds is 3. The first-order valence-corrected chi connectivity index (χ1v) is 5.04. The molecule has 0 bridgehead atoms. The minimum Gasteiger partial charge on any atom is -0.474 e. The molecule has 3 nitrogen and oxygen atoms in total. The van der Waals surface area contributed by atoms with E-state index in [0.29, 0.717) is 12.1 Å². The molecule has 1 aromatic rings. The first kappa shape index (κ1) is 9.46. The maximum Gasteiger partial charge on any atom is 0.213 e. The van der Waals surface area contributed by atoms with E-state index in [2.05, 4.69) is 10.3 Å². The molecule has 1 fully saturated rings. The summed E-state index contributed by atoms with van der Waals surface area (Å²) in [7, 11) is 1.99. The third kappa shape index (κ3) is 2.04. The average molecular weight is 194 g/mol. The van der Waals surface area contributed by atoms with E-state index in [1.54, 1.807) is 6.20 Å². The van der Waals surface area contributed by atoms with Crippen LogP contribution in [0, 0.1) is 6.92 Å². The van der Waals surface area contributed by atoms with Crippen LogP contribution in [0.4, 0.5) is 0 Å². The van der Waals surface area contributed by atoms with Crippen molar-refractivity contribution in [3.8, 4) is 5.88 Å². The van der Waals surface area contributed by atoms with Crippen LogP contribution in [-0.2, 0) is 0 Å². The summed E-state index contributed by atoms with van der Waals surface area (Å²) in [6.45, 7) is 2.05. The quantitative estimate of drug-likeness (QED) is 0.796. The van der Waals surface area contributed by atoms with Crippen molar-refractivity contribution in [1.82, 2.24) is 10.3 Å². The van der Waals surface area contributed by atoms with Gasteiger partial charge in [0.15, 0.2) is 0 Å². The fourth-order valence-corrected chi connectivity index (χ4v) is 1.64. The summed E-state index contributed by atoms with van der Waals surface area (Å²) in [5, 5.41) is 3.23. The SMILES string of the molecule is CNC1CC(Oc2cc(C)ccn2)C1.[HH]. The Morgan fingerprint density at radius 1 is 1.57 bits per heavy atom. The molecule has 1 aliphatic rings. The van der Waals surface area contributed by atoms with E-state index >= 15 is 0 Å². The van der Waals surface area contributed by atoms with Gasteiger partial charge in [-0.25, -0.2) is 4.98 Å². The van der Waals surface area contributed by atoms with Crippen LogP contribution < -0.4 is 10.1 Å². The first-order valence-electron chi connectivity index (χ1n) is 5.04. The minimum atomic E-state index is 0. The second kappa shape index (κ2) is 3.96. The molecule has 14 heavy (non-hydrogen) atoms. The van der Waals surface area contributed by atoms with Gasteiger partial charge in [0, 0.05) is 19.7 Å². The molecule has 1 N–H and O–H groups in total. The molecule has 3 heteroatoms. The Morgan fingerprint density at radius 3 is 3.00 bits per heavy atom. The van der Waals surface area contributed by atoms with Gasteiger partial charge in [-0.15, -0.1) is 0 Å².